The lowest BCUT2D eigenvalue weighted by Gasteiger charge is -2.23. The van der Waals surface area contributed by atoms with Crippen LogP contribution in [-0.2, 0) is 0 Å². The lowest BCUT2D eigenvalue weighted by molar-refractivity contribution is 0.451. The Morgan fingerprint density at radius 3 is 3.25 bits per heavy atom. The minimum atomic E-state index is 0.591. The zero-order valence-corrected chi connectivity index (χ0v) is 9.48. The largest absolute Gasteiger partial charge is 0.316 e. The van der Waals surface area contributed by atoms with Gasteiger partial charge in [-0.15, -0.1) is 0 Å². The monoisotopic (exact) mass is 216 g/mol. The molecule has 2 aromatic heterocycles. The number of fused-ring (bicyclic) bond motifs is 1. The van der Waals surface area contributed by atoms with E-state index >= 15 is 0 Å². The van der Waals surface area contributed by atoms with E-state index in [1.807, 2.05) is 13.1 Å². The molecule has 84 valence electrons. The highest BCUT2D eigenvalue weighted by atomic mass is 15.1. The number of nitrogens with zero attached hydrogens (tertiary/aromatic N) is 3. The Balaban J connectivity index is 2.07. The fraction of sp³-hybridized carbons (Fsp3) is 0.500. The molecule has 1 saturated heterocycles. The standard InChI is InChI=1S/C12H16N4/c1-9-8-16-11(4-6-14-12(16)15-9)10-3-2-5-13-7-10/h4,6,8,10,13H,2-3,5,7H2,1H3. The molecule has 0 bridgehead atoms. The lowest BCUT2D eigenvalue weighted by atomic mass is 9.96. The SMILES string of the molecule is Cc1cn2c(C3CCCNC3)ccnc2n1. The third kappa shape index (κ3) is 1.59. The Labute approximate surface area is 94.7 Å². The molecule has 2 aromatic rings. The molecule has 4 nitrogen and oxygen atoms in total. The van der Waals surface area contributed by atoms with Crippen molar-refractivity contribution in [1.29, 1.82) is 0 Å². The summed E-state index contributed by atoms with van der Waals surface area (Å²) in [5, 5.41) is 3.45. The number of aryl methyl sites for hydroxylation is 1. The van der Waals surface area contributed by atoms with Crippen LogP contribution in [0.4, 0.5) is 0 Å². The molecule has 1 unspecified atom stereocenters. The maximum absolute atomic E-state index is 4.40. The Morgan fingerprint density at radius 2 is 2.44 bits per heavy atom. The van der Waals surface area contributed by atoms with Crippen molar-refractivity contribution in [2.75, 3.05) is 13.1 Å². The van der Waals surface area contributed by atoms with Crippen molar-refractivity contribution >= 4 is 5.78 Å². The van der Waals surface area contributed by atoms with Gasteiger partial charge in [0.25, 0.3) is 0 Å². The predicted molar refractivity (Wildman–Crippen MR) is 62.6 cm³/mol. The first-order chi connectivity index (χ1) is 7.84. The molecular weight excluding hydrogens is 200 g/mol. The maximum atomic E-state index is 4.40. The summed E-state index contributed by atoms with van der Waals surface area (Å²) in [5.41, 5.74) is 2.36. The van der Waals surface area contributed by atoms with E-state index in [0.717, 1.165) is 24.6 Å². The van der Waals surface area contributed by atoms with E-state index in [1.165, 1.54) is 18.5 Å². The van der Waals surface area contributed by atoms with Crippen LogP contribution in [0.1, 0.15) is 30.1 Å². The lowest BCUT2D eigenvalue weighted by Crippen LogP contribution is -2.29. The summed E-state index contributed by atoms with van der Waals surface area (Å²) in [4.78, 5) is 8.69. The number of nitrogens with one attached hydrogen (secondary N) is 1. The van der Waals surface area contributed by atoms with Crippen LogP contribution in [0.2, 0.25) is 0 Å². The van der Waals surface area contributed by atoms with Crippen molar-refractivity contribution in [1.82, 2.24) is 19.7 Å². The van der Waals surface area contributed by atoms with Gasteiger partial charge in [0.15, 0.2) is 0 Å². The first-order valence-corrected chi connectivity index (χ1v) is 5.86. The average Bonchev–Trinajstić information content (AvgIpc) is 2.70. The molecule has 0 amide bonds. The van der Waals surface area contributed by atoms with Gasteiger partial charge in [0.1, 0.15) is 0 Å². The summed E-state index contributed by atoms with van der Waals surface area (Å²) in [7, 11) is 0. The molecule has 4 heteroatoms. The van der Waals surface area contributed by atoms with Gasteiger partial charge in [0, 0.05) is 30.6 Å². The van der Waals surface area contributed by atoms with Crippen molar-refractivity contribution in [3.8, 4) is 0 Å². The van der Waals surface area contributed by atoms with E-state index in [2.05, 4.69) is 31.9 Å². The van der Waals surface area contributed by atoms with Crippen LogP contribution in [0.25, 0.3) is 5.78 Å². The second kappa shape index (κ2) is 3.87. The molecule has 0 radical (unpaired) electrons. The van der Waals surface area contributed by atoms with Gasteiger partial charge in [-0.3, -0.25) is 4.40 Å². The number of hydrogen-bond acceptors (Lipinski definition) is 3. The highest BCUT2D eigenvalue weighted by Crippen LogP contribution is 2.23. The molecular formula is C12H16N4. The second-order valence-corrected chi connectivity index (χ2v) is 4.47. The molecule has 1 N–H and O–H groups in total. The van der Waals surface area contributed by atoms with Crippen molar-refractivity contribution in [2.24, 2.45) is 0 Å². The third-order valence-corrected chi connectivity index (χ3v) is 3.24. The first-order valence-electron chi connectivity index (χ1n) is 5.86. The Morgan fingerprint density at radius 1 is 1.50 bits per heavy atom. The van der Waals surface area contributed by atoms with Gasteiger partial charge in [-0.05, 0) is 32.4 Å². The number of hydrogen-bond donors (Lipinski definition) is 1. The Hall–Kier alpha value is -1.42. The zero-order valence-electron chi connectivity index (χ0n) is 9.48. The molecule has 16 heavy (non-hydrogen) atoms. The smallest absolute Gasteiger partial charge is 0.234 e. The van der Waals surface area contributed by atoms with Gasteiger partial charge in [0.05, 0.1) is 5.69 Å². The molecule has 1 atom stereocenters. The highest BCUT2D eigenvalue weighted by Gasteiger charge is 2.18. The molecule has 0 aromatic carbocycles. The van der Waals surface area contributed by atoms with Crippen molar-refractivity contribution < 1.29 is 0 Å². The summed E-state index contributed by atoms with van der Waals surface area (Å²) in [6, 6.07) is 2.12. The van der Waals surface area contributed by atoms with Gasteiger partial charge >= 0.3 is 0 Å². The molecule has 0 saturated carbocycles. The summed E-state index contributed by atoms with van der Waals surface area (Å²) in [6.45, 7) is 4.22. The molecule has 1 aliphatic heterocycles. The van der Waals surface area contributed by atoms with E-state index in [0.29, 0.717) is 5.92 Å². The number of rotatable bonds is 1. The number of aromatic nitrogens is 3. The minimum Gasteiger partial charge on any atom is -0.316 e. The van der Waals surface area contributed by atoms with E-state index in [9.17, 15) is 0 Å². The molecule has 1 aliphatic rings. The molecule has 3 rings (SSSR count). The van der Waals surface area contributed by atoms with Crippen LogP contribution in [0.3, 0.4) is 0 Å². The molecule has 0 aliphatic carbocycles. The zero-order chi connectivity index (χ0) is 11.0. The van der Waals surface area contributed by atoms with Crippen molar-refractivity contribution in [3.63, 3.8) is 0 Å². The molecule has 1 fully saturated rings. The van der Waals surface area contributed by atoms with Gasteiger partial charge in [-0.2, -0.15) is 0 Å². The summed E-state index contributed by atoms with van der Waals surface area (Å²) < 4.78 is 2.13. The van der Waals surface area contributed by atoms with Crippen LogP contribution < -0.4 is 5.32 Å². The van der Waals surface area contributed by atoms with Gasteiger partial charge in [-0.25, -0.2) is 9.97 Å². The summed E-state index contributed by atoms with van der Waals surface area (Å²) in [5.74, 6) is 1.41. The third-order valence-electron chi connectivity index (χ3n) is 3.24. The normalized spacial score (nSPS) is 21.4. The fourth-order valence-electron chi connectivity index (χ4n) is 2.46. The summed E-state index contributed by atoms with van der Waals surface area (Å²) in [6.07, 6.45) is 6.45. The van der Waals surface area contributed by atoms with Gasteiger partial charge in [0.2, 0.25) is 5.78 Å². The highest BCUT2D eigenvalue weighted by molar-refractivity contribution is 5.33. The van der Waals surface area contributed by atoms with E-state index < -0.39 is 0 Å². The maximum Gasteiger partial charge on any atom is 0.234 e. The van der Waals surface area contributed by atoms with Crippen molar-refractivity contribution in [2.45, 2.75) is 25.7 Å². The van der Waals surface area contributed by atoms with Gasteiger partial charge < -0.3 is 5.32 Å². The quantitative estimate of drug-likeness (QED) is 0.785. The Bertz CT molecular complexity index is 497. The number of piperidine rings is 1. The van der Waals surface area contributed by atoms with Crippen LogP contribution in [0, 0.1) is 6.92 Å². The van der Waals surface area contributed by atoms with Crippen LogP contribution >= 0.6 is 0 Å². The topological polar surface area (TPSA) is 42.2 Å². The summed E-state index contributed by atoms with van der Waals surface area (Å²) >= 11 is 0. The molecule has 3 heterocycles. The molecule has 0 spiro atoms. The predicted octanol–water partition coefficient (Wildman–Crippen LogP) is 1.50. The van der Waals surface area contributed by atoms with Crippen LogP contribution in [0.15, 0.2) is 18.5 Å². The average molecular weight is 216 g/mol. The minimum absolute atomic E-state index is 0.591. The van der Waals surface area contributed by atoms with Crippen LogP contribution in [0.5, 0.6) is 0 Å². The van der Waals surface area contributed by atoms with E-state index in [-0.39, 0.29) is 0 Å². The Kier molecular flexibility index (Phi) is 2.36. The van der Waals surface area contributed by atoms with Crippen molar-refractivity contribution in [3.05, 3.63) is 29.8 Å². The fourth-order valence-corrected chi connectivity index (χ4v) is 2.46. The first kappa shape index (κ1) is 9.78. The number of imidazole rings is 1. The second-order valence-electron chi connectivity index (χ2n) is 4.47. The van der Waals surface area contributed by atoms with Crippen LogP contribution in [-0.4, -0.2) is 27.5 Å². The van der Waals surface area contributed by atoms with E-state index in [4.69, 9.17) is 0 Å². The van der Waals surface area contributed by atoms with E-state index in [1.54, 1.807) is 0 Å². The van der Waals surface area contributed by atoms with Gasteiger partial charge in [-0.1, -0.05) is 0 Å².